The number of hydrogen-bond donors (Lipinski definition) is 1. The molecule has 1 rings (SSSR count). The van der Waals surface area contributed by atoms with Crippen molar-refractivity contribution in [1.82, 2.24) is 0 Å². The minimum Gasteiger partial charge on any atom is -0.456 e. The molecule has 0 amide bonds. The molecule has 0 heterocycles. The van der Waals surface area contributed by atoms with Gasteiger partial charge in [0.05, 0.1) is 5.56 Å². The fourth-order valence-corrected chi connectivity index (χ4v) is 1.36. The van der Waals surface area contributed by atoms with Crippen molar-refractivity contribution >= 4 is 11.7 Å². The number of aryl methyl sites for hydroxylation is 1. The Bertz CT molecular complexity index is 399. The molecule has 88 valence electrons. The van der Waals surface area contributed by atoms with Crippen LogP contribution < -0.4 is 5.73 Å². The summed E-state index contributed by atoms with van der Waals surface area (Å²) in [5.41, 5.74) is 5.54. The number of benzene rings is 1. The molecule has 0 unspecified atom stereocenters. The first-order valence-corrected chi connectivity index (χ1v) is 4.99. The number of rotatable bonds is 1. The molecular weight excluding hydrogens is 209 g/mol. The molecule has 4 heteroatoms. The number of carbonyl (C=O) groups excluding carboxylic acids is 1. The second kappa shape index (κ2) is 4.12. The van der Waals surface area contributed by atoms with Crippen LogP contribution in [0.15, 0.2) is 12.1 Å². The molecule has 2 N–H and O–H groups in total. The molecule has 0 saturated heterocycles. The number of hydrogen-bond acceptors (Lipinski definition) is 3. The standard InChI is InChI=1S/C12H16FNO2/c1-7-5-8(14)6-9(13)10(7)11(15)16-12(2,3)4/h5-6H,14H2,1-4H3. The van der Waals surface area contributed by atoms with Crippen molar-refractivity contribution in [3.05, 3.63) is 29.1 Å². The molecule has 1 aromatic rings. The number of halogens is 1. The summed E-state index contributed by atoms with van der Waals surface area (Å²) < 4.78 is 18.7. The highest BCUT2D eigenvalue weighted by Gasteiger charge is 2.22. The summed E-state index contributed by atoms with van der Waals surface area (Å²) in [6, 6.07) is 2.66. The number of anilines is 1. The Morgan fingerprint density at radius 3 is 2.38 bits per heavy atom. The lowest BCUT2D eigenvalue weighted by molar-refractivity contribution is 0.00640. The van der Waals surface area contributed by atoms with Gasteiger partial charge in [-0.05, 0) is 45.4 Å². The van der Waals surface area contributed by atoms with Crippen LogP contribution in [0.4, 0.5) is 10.1 Å². The lowest BCUT2D eigenvalue weighted by Gasteiger charge is -2.20. The van der Waals surface area contributed by atoms with Crippen LogP contribution in [0.2, 0.25) is 0 Å². The normalized spacial score (nSPS) is 11.3. The first-order chi connectivity index (χ1) is 7.20. The lowest BCUT2D eigenvalue weighted by Crippen LogP contribution is -2.25. The van der Waals surface area contributed by atoms with Gasteiger partial charge in [0.15, 0.2) is 0 Å². The average molecular weight is 225 g/mol. The highest BCUT2D eigenvalue weighted by atomic mass is 19.1. The van der Waals surface area contributed by atoms with Crippen LogP contribution in [0, 0.1) is 12.7 Å². The Hall–Kier alpha value is -1.58. The molecule has 0 aliphatic carbocycles. The highest BCUT2D eigenvalue weighted by molar-refractivity contribution is 5.92. The van der Waals surface area contributed by atoms with E-state index in [1.807, 2.05) is 0 Å². The van der Waals surface area contributed by atoms with E-state index in [2.05, 4.69) is 0 Å². The third kappa shape index (κ3) is 2.95. The van der Waals surface area contributed by atoms with Crippen molar-refractivity contribution in [2.45, 2.75) is 33.3 Å². The number of ether oxygens (including phenoxy) is 1. The summed E-state index contributed by atoms with van der Waals surface area (Å²) in [5.74, 6) is -1.31. The molecular formula is C12H16FNO2. The van der Waals surface area contributed by atoms with Gasteiger partial charge in [-0.15, -0.1) is 0 Å². The van der Waals surface area contributed by atoms with Gasteiger partial charge in [-0.2, -0.15) is 0 Å². The summed E-state index contributed by atoms with van der Waals surface area (Å²) in [5, 5.41) is 0. The van der Waals surface area contributed by atoms with Crippen LogP contribution in [0.3, 0.4) is 0 Å². The minimum atomic E-state index is -0.664. The predicted molar refractivity (Wildman–Crippen MR) is 60.7 cm³/mol. The SMILES string of the molecule is Cc1cc(N)cc(F)c1C(=O)OC(C)(C)C. The molecule has 1 aromatic carbocycles. The van der Waals surface area contributed by atoms with Crippen LogP contribution in [-0.4, -0.2) is 11.6 Å². The van der Waals surface area contributed by atoms with Gasteiger partial charge in [-0.3, -0.25) is 0 Å². The van der Waals surface area contributed by atoms with E-state index in [-0.39, 0.29) is 5.56 Å². The van der Waals surface area contributed by atoms with E-state index in [0.717, 1.165) is 6.07 Å². The second-order valence-electron chi connectivity index (χ2n) is 4.70. The first-order valence-electron chi connectivity index (χ1n) is 4.99. The summed E-state index contributed by atoms with van der Waals surface area (Å²) >= 11 is 0. The minimum absolute atomic E-state index is 0.0517. The van der Waals surface area contributed by atoms with Crippen LogP contribution in [-0.2, 0) is 4.74 Å². The second-order valence-corrected chi connectivity index (χ2v) is 4.70. The van der Waals surface area contributed by atoms with Gasteiger partial charge in [0.25, 0.3) is 0 Å². The summed E-state index contributed by atoms with van der Waals surface area (Å²) in [6.07, 6.45) is 0. The molecule has 0 aliphatic rings. The van der Waals surface area contributed by atoms with Gasteiger partial charge in [0, 0.05) is 5.69 Å². The van der Waals surface area contributed by atoms with E-state index in [4.69, 9.17) is 10.5 Å². The maximum Gasteiger partial charge on any atom is 0.341 e. The zero-order valence-corrected chi connectivity index (χ0v) is 9.93. The van der Waals surface area contributed by atoms with Gasteiger partial charge < -0.3 is 10.5 Å². The Kier molecular flexibility index (Phi) is 3.21. The Balaban J connectivity index is 3.10. The fourth-order valence-electron chi connectivity index (χ4n) is 1.36. The zero-order valence-electron chi connectivity index (χ0n) is 9.93. The molecule has 0 atom stereocenters. The van der Waals surface area contributed by atoms with E-state index in [0.29, 0.717) is 11.3 Å². The van der Waals surface area contributed by atoms with E-state index in [1.54, 1.807) is 33.8 Å². The lowest BCUT2D eigenvalue weighted by atomic mass is 10.1. The first kappa shape index (κ1) is 12.5. The molecule has 0 aromatic heterocycles. The topological polar surface area (TPSA) is 52.3 Å². The van der Waals surface area contributed by atoms with Gasteiger partial charge in [-0.1, -0.05) is 0 Å². The van der Waals surface area contributed by atoms with E-state index in [1.165, 1.54) is 0 Å². The van der Waals surface area contributed by atoms with Crippen LogP contribution in [0.1, 0.15) is 36.7 Å². The van der Waals surface area contributed by atoms with Gasteiger partial charge in [0.2, 0.25) is 0 Å². The molecule has 0 bridgehead atoms. The Morgan fingerprint density at radius 2 is 1.94 bits per heavy atom. The maximum absolute atomic E-state index is 13.6. The molecule has 16 heavy (non-hydrogen) atoms. The molecule has 0 aliphatic heterocycles. The molecule has 0 fully saturated rings. The highest BCUT2D eigenvalue weighted by Crippen LogP contribution is 2.20. The van der Waals surface area contributed by atoms with Crippen LogP contribution in [0.5, 0.6) is 0 Å². The smallest absolute Gasteiger partial charge is 0.341 e. The van der Waals surface area contributed by atoms with Crippen molar-refractivity contribution in [2.75, 3.05) is 5.73 Å². The average Bonchev–Trinajstić information content (AvgIpc) is 1.96. The number of nitrogen functional groups attached to an aromatic ring is 1. The maximum atomic E-state index is 13.6. The van der Waals surface area contributed by atoms with Crippen molar-refractivity contribution in [1.29, 1.82) is 0 Å². The summed E-state index contributed by atoms with van der Waals surface area (Å²) in [6.45, 7) is 6.82. The van der Waals surface area contributed by atoms with E-state index < -0.39 is 17.4 Å². The number of carbonyl (C=O) groups is 1. The van der Waals surface area contributed by atoms with Crippen LogP contribution in [0.25, 0.3) is 0 Å². The largest absolute Gasteiger partial charge is 0.456 e. The van der Waals surface area contributed by atoms with Crippen molar-refractivity contribution < 1.29 is 13.9 Å². The fraction of sp³-hybridized carbons (Fsp3) is 0.417. The zero-order chi connectivity index (χ0) is 12.5. The Morgan fingerprint density at radius 1 is 1.38 bits per heavy atom. The van der Waals surface area contributed by atoms with Gasteiger partial charge in [0.1, 0.15) is 11.4 Å². The Labute approximate surface area is 94.4 Å². The quantitative estimate of drug-likeness (QED) is 0.590. The molecule has 3 nitrogen and oxygen atoms in total. The van der Waals surface area contributed by atoms with Crippen molar-refractivity contribution in [3.63, 3.8) is 0 Å². The van der Waals surface area contributed by atoms with E-state index in [9.17, 15) is 9.18 Å². The molecule has 0 spiro atoms. The van der Waals surface area contributed by atoms with Crippen LogP contribution >= 0.6 is 0 Å². The number of nitrogens with two attached hydrogens (primary N) is 1. The van der Waals surface area contributed by atoms with Crippen molar-refractivity contribution in [2.24, 2.45) is 0 Å². The van der Waals surface area contributed by atoms with Crippen molar-refractivity contribution in [3.8, 4) is 0 Å². The monoisotopic (exact) mass is 225 g/mol. The number of esters is 1. The van der Waals surface area contributed by atoms with Gasteiger partial charge in [-0.25, -0.2) is 9.18 Å². The molecule has 0 radical (unpaired) electrons. The summed E-state index contributed by atoms with van der Waals surface area (Å²) in [7, 11) is 0. The summed E-state index contributed by atoms with van der Waals surface area (Å²) in [4.78, 5) is 11.7. The third-order valence-electron chi connectivity index (χ3n) is 1.91. The van der Waals surface area contributed by atoms with E-state index >= 15 is 0 Å². The third-order valence-corrected chi connectivity index (χ3v) is 1.91. The molecule has 0 saturated carbocycles. The predicted octanol–water partition coefficient (Wildman–Crippen LogP) is 2.67. The van der Waals surface area contributed by atoms with Gasteiger partial charge >= 0.3 is 5.97 Å².